The fourth-order valence-corrected chi connectivity index (χ4v) is 2.69. The highest BCUT2D eigenvalue weighted by Crippen LogP contribution is 2.20. The highest BCUT2D eigenvalue weighted by atomic mass is 79.9. The fourth-order valence-electron chi connectivity index (χ4n) is 2.22. The minimum absolute atomic E-state index is 0.588. The third-order valence-corrected chi connectivity index (χ3v) is 4.56. The molecule has 0 fully saturated rings. The van der Waals surface area contributed by atoms with Crippen LogP contribution in [0.3, 0.4) is 0 Å². The highest BCUT2D eigenvalue weighted by molar-refractivity contribution is 9.10. The molecule has 0 bridgehead atoms. The van der Waals surface area contributed by atoms with Crippen molar-refractivity contribution in [2.24, 2.45) is 7.05 Å². The van der Waals surface area contributed by atoms with Crippen LogP contribution in [0.2, 0.25) is 0 Å². The summed E-state index contributed by atoms with van der Waals surface area (Å²) in [5.74, 6) is 0.588. The van der Waals surface area contributed by atoms with Crippen LogP contribution in [0, 0.1) is 6.92 Å². The predicted molar refractivity (Wildman–Crippen MR) is 86.7 cm³/mol. The zero-order chi connectivity index (χ0) is 14.7. The molecule has 2 aromatic rings. The first kappa shape index (κ1) is 15.3. The molecule has 0 amide bonds. The topological polar surface area (TPSA) is 29.9 Å². The first-order valence-electron chi connectivity index (χ1n) is 6.96. The van der Waals surface area contributed by atoms with E-state index in [4.69, 9.17) is 0 Å². The molecule has 0 aliphatic rings. The molecule has 0 atom stereocenters. The lowest BCUT2D eigenvalue weighted by molar-refractivity contribution is 0.623. The van der Waals surface area contributed by atoms with E-state index < -0.39 is 0 Å². The van der Waals surface area contributed by atoms with Gasteiger partial charge in [0.2, 0.25) is 0 Å². The van der Waals surface area contributed by atoms with E-state index in [9.17, 15) is 0 Å². The number of hydrogen-bond donors (Lipinski definition) is 1. The average Bonchev–Trinajstić information content (AvgIpc) is 2.65. The Morgan fingerprint density at radius 3 is 2.35 bits per heavy atom. The number of benzene rings is 1. The summed E-state index contributed by atoms with van der Waals surface area (Å²) in [6, 6.07) is 8.83. The van der Waals surface area contributed by atoms with Crippen molar-refractivity contribution >= 4 is 15.9 Å². The van der Waals surface area contributed by atoms with Gasteiger partial charge in [0.15, 0.2) is 0 Å². The summed E-state index contributed by atoms with van der Waals surface area (Å²) < 4.78 is 3.02. The number of halogens is 1. The van der Waals surface area contributed by atoms with Gasteiger partial charge in [-0.05, 0) is 39.9 Å². The smallest absolute Gasteiger partial charge is 0.0739 e. The van der Waals surface area contributed by atoms with E-state index in [1.807, 2.05) is 18.7 Å². The number of aromatic nitrogens is 2. The first-order chi connectivity index (χ1) is 9.49. The molecule has 3 nitrogen and oxygen atoms in total. The molecule has 0 aliphatic carbocycles. The van der Waals surface area contributed by atoms with Crippen molar-refractivity contribution in [1.29, 1.82) is 0 Å². The molecule has 4 heteroatoms. The SMILES string of the molecule is Cc1nn(C)c(CNCc2ccc(C(C)C)cc2)c1Br. The van der Waals surface area contributed by atoms with Crippen molar-refractivity contribution in [2.45, 2.75) is 39.8 Å². The predicted octanol–water partition coefficient (Wildman–Crippen LogP) is 3.90. The number of aryl methyl sites for hydroxylation is 2. The van der Waals surface area contributed by atoms with Crippen LogP contribution in [0.5, 0.6) is 0 Å². The van der Waals surface area contributed by atoms with Crippen LogP contribution < -0.4 is 5.32 Å². The van der Waals surface area contributed by atoms with Gasteiger partial charge in [0.25, 0.3) is 0 Å². The molecular weight excluding hydrogens is 314 g/mol. The van der Waals surface area contributed by atoms with Gasteiger partial charge in [0.1, 0.15) is 0 Å². The maximum Gasteiger partial charge on any atom is 0.0739 e. The molecule has 0 aliphatic heterocycles. The minimum atomic E-state index is 0.588. The molecule has 0 unspecified atom stereocenters. The Hall–Kier alpha value is -1.13. The molecule has 0 radical (unpaired) electrons. The van der Waals surface area contributed by atoms with Crippen molar-refractivity contribution < 1.29 is 0 Å². The van der Waals surface area contributed by atoms with Crippen molar-refractivity contribution in [1.82, 2.24) is 15.1 Å². The number of rotatable bonds is 5. The third kappa shape index (κ3) is 3.49. The van der Waals surface area contributed by atoms with E-state index in [0.717, 1.165) is 23.3 Å². The second kappa shape index (κ2) is 6.55. The van der Waals surface area contributed by atoms with Crippen molar-refractivity contribution in [2.75, 3.05) is 0 Å². The zero-order valence-corrected chi connectivity index (χ0v) is 14.2. The standard InChI is InChI=1S/C16H22BrN3/c1-11(2)14-7-5-13(6-8-14)9-18-10-15-16(17)12(3)19-20(15)4/h5-8,11,18H,9-10H2,1-4H3. The fraction of sp³-hybridized carbons (Fsp3) is 0.438. The van der Waals surface area contributed by atoms with Gasteiger partial charge < -0.3 is 5.32 Å². The lowest BCUT2D eigenvalue weighted by Crippen LogP contribution is -2.15. The molecule has 0 saturated heterocycles. The van der Waals surface area contributed by atoms with E-state index in [1.165, 1.54) is 16.8 Å². The molecule has 108 valence electrons. The molecule has 1 aromatic heterocycles. The summed E-state index contributed by atoms with van der Waals surface area (Å²) in [6.07, 6.45) is 0. The van der Waals surface area contributed by atoms with Crippen LogP contribution >= 0.6 is 15.9 Å². The zero-order valence-electron chi connectivity index (χ0n) is 12.6. The maximum absolute atomic E-state index is 4.40. The summed E-state index contributed by atoms with van der Waals surface area (Å²) in [7, 11) is 1.98. The van der Waals surface area contributed by atoms with Gasteiger partial charge >= 0.3 is 0 Å². The van der Waals surface area contributed by atoms with Crippen LogP contribution in [-0.4, -0.2) is 9.78 Å². The monoisotopic (exact) mass is 335 g/mol. The highest BCUT2D eigenvalue weighted by Gasteiger charge is 2.09. The summed E-state index contributed by atoms with van der Waals surface area (Å²) in [5, 5.41) is 7.87. The first-order valence-corrected chi connectivity index (χ1v) is 7.76. The number of nitrogens with zero attached hydrogens (tertiary/aromatic N) is 2. The van der Waals surface area contributed by atoms with Gasteiger partial charge in [-0.1, -0.05) is 38.1 Å². The Balaban J connectivity index is 1.92. The normalized spacial score (nSPS) is 11.3. The van der Waals surface area contributed by atoms with Gasteiger partial charge in [0, 0.05) is 20.1 Å². The van der Waals surface area contributed by atoms with Crippen LogP contribution in [0.25, 0.3) is 0 Å². The third-order valence-electron chi connectivity index (χ3n) is 3.53. The van der Waals surface area contributed by atoms with Crippen molar-refractivity contribution in [3.63, 3.8) is 0 Å². The summed E-state index contributed by atoms with van der Waals surface area (Å²) in [4.78, 5) is 0. The molecule has 0 spiro atoms. The van der Waals surface area contributed by atoms with Crippen LogP contribution in [0.15, 0.2) is 28.7 Å². The van der Waals surface area contributed by atoms with Gasteiger partial charge in [-0.3, -0.25) is 4.68 Å². The van der Waals surface area contributed by atoms with Gasteiger partial charge in [-0.15, -0.1) is 0 Å². The van der Waals surface area contributed by atoms with E-state index in [2.05, 4.69) is 64.5 Å². The van der Waals surface area contributed by atoms with Crippen molar-refractivity contribution in [3.05, 3.63) is 51.3 Å². The lowest BCUT2D eigenvalue weighted by atomic mass is 10.0. The van der Waals surface area contributed by atoms with Crippen molar-refractivity contribution in [3.8, 4) is 0 Å². The molecule has 20 heavy (non-hydrogen) atoms. The Labute approximate surface area is 129 Å². The van der Waals surface area contributed by atoms with Crippen LogP contribution in [-0.2, 0) is 20.1 Å². The second-order valence-corrected chi connectivity index (χ2v) is 6.26. The quantitative estimate of drug-likeness (QED) is 0.897. The van der Waals surface area contributed by atoms with Gasteiger partial charge in [-0.2, -0.15) is 5.10 Å². The van der Waals surface area contributed by atoms with Crippen LogP contribution in [0.4, 0.5) is 0 Å². The van der Waals surface area contributed by atoms with E-state index in [1.54, 1.807) is 0 Å². The average molecular weight is 336 g/mol. The maximum atomic E-state index is 4.40. The van der Waals surface area contributed by atoms with Gasteiger partial charge in [-0.25, -0.2) is 0 Å². The molecule has 1 aromatic carbocycles. The summed E-state index contributed by atoms with van der Waals surface area (Å²) >= 11 is 3.59. The Kier molecular flexibility index (Phi) is 5.00. The Bertz CT molecular complexity index is 570. The number of hydrogen-bond acceptors (Lipinski definition) is 2. The summed E-state index contributed by atoms with van der Waals surface area (Å²) in [6.45, 7) is 8.13. The summed E-state index contributed by atoms with van der Waals surface area (Å²) in [5.41, 5.74) is 4.91. The second-order valence-electron chi connectivity index (χ2n) is 5.47. The minimum Gasteiger partial charge on any atom is -0.307 e. The van der Waals surface area contributed by atoms with E-state index in [-0.39, 0.29) is 0 Å². The van der Waals surface area contributed by atoms with E-state index in [0.29, 0.717) is 5.92 Å². The Morgan fingerprint density at radius 2 is 1.85 bits per heavy atom. The Morgan fingerprint density at radius 1 is 1.20 bits per heavy atom. The molecule has 0 saturated carbocycles. The molecule has 1 N–H and O–H groups in total. The number of nitrogens with one attached hydrogen (secondary N) is 1. The van der Waals surface area contributed by atoms with Gasteiger partial charge in [0.05, 0.1) is 15.9 Å². The lowest BCUT2D eigenvalue weighted by Gasteiger charge is -2.08. The molecule has 1 heterocycles. The van der Waals surface area contributed by atoms with Crippen LogP contribution in [0.1, 0.15) is 42.3 Å². The molecular formula is C16H22BrN3. The molecule has 2 rings (SSSR count). The largest absolute Gasteiger partial charge is 0.307 e. The van der Waals surface area contributed by atoms with E-state index >= 15 is 0 Å².